The van der Waals surface area contributed by atoms with Crippen LogP contribution in [0, 0.1) is 13.8 Å². The van der Waals surface area contributed by atoms with Crippen molar-refractivity contribution < 1.29 is 14.5 Å². The third-order valence-corrected chi connectivity index (χ3v) is 4.58. The Morgan fingerprint density at radius 1 is 1.11 bits per heavy atom. The predicted octanol–water partition coefficient (Wildman–Crippen LogP) is 4.59. The van der Waals surface area contributed by atoms with Crippen LogP contribution < -0.4 is 0 Å². The van der Waals surface area contributed by atoms with Crippen LogP contribution in [0.1, 0.15) is 17.0 Å². The molecule has 6 nitrogen and oxygen atoms in total. The summed E-state index contributed by atoms with van der Waals surface area (Å²) in [5, 5.41) is 18.9. The van der Waals surface area contributed by atoms with E-state index in [1.165, 1.54) is 7.11 Å². The maximum Gasteiger partial charge on any atom is 0.143 e. The first kappa shape index (κ1) is 16.9. The van der Waals surface area contributed by atoms with Crippen molar-refractivity contribution in [3.05, 3.63) is 65.5 Å². The number of hydrogen-bond acceptors (Lipinski definition) is 5. The van der Waals surface area contributed by atoms with Gasteiger partial charge in [-0.05, 0) is 44.2 Å². The first-order valence-corrected chi connectivity index (χ1v) is 8.54. The highest BCUT2D eigenvalue weighted by atomic mass is 16.6. The number of hydrogen-bond donors (Lipinski definition) is 1. The van der Waals surface area contributed by atoms with Crippen LogP contribution in [0.5, 0.6) is 5.75 Å². The smallest absolute Gasteiger partial charge is 0.143 e. The van der Waals surface area contributed by atoms with E-state index in [9.17, 15) is 5.11 Å². The summed E-state index contributed by atoms with van der Waals surface area (Å²) >= 11 is 0. The van der Waals surface area contributed by atoms with Gasteiger partial charge in [-0.2, -0.15) is 0 Å². The lowest BCUT2D eigenvalue weighted by molar-refractivity contribution is 0.215. The third kappa shape index (κ3) is 2.75. The molecule has 136 valence electrons. The molecule has 0 unspecified atom stereocenters. The van der Waals surface area contributed by atoms with E-state index in [0.29, 0.717) is 0 Å². The Bertz CT molecular complexity index is 1120. The first-order chi connectivity index (χ1) is 13.1. The largest absolute Gasteiger partial charge is 0.508 e. The number of aromatic hydroxyl groups is 1. The molecule has 0 radical (unpaired) electrons. The fraction of sp³-hybridized carbons (Fsp3) is 0.143. The molecule has 0 bridgehead atoms. The van der Waals surface area contributed by atoms with Crippen LogP contribution in [-0.4, -0.2) is 28.2 Å². The number of para-hydroxylation sites is 1. The van der Waals surface area contributed by atoms with Crippen LogP contribution in [0.15, 0.2) is 58.2 Å². The van der Waals surface area contributed by atoms with Gasteiger partial charge in [-0.3, -0.25) is 0 Å². The van der Waals surface area contributed by atoms with E-state index < -0.39 is 0 Å². The van der Waals surface area contributed by atoms with Gasteiger partial charge in [0.25, 0.3) is 0 Å². The average molecular weight is 361 g/mol. The lowest BCUT2D eigenvalue weighted by atomic mass is 10.0. The van der Waals surface area contributed by atoms with Gasteiger partial charge in [0.15, 0.2) is 0 Å². The standard InChI is InChI=1S/C21H19N3O3/c1-13-20(14(2)27-23-13)21-18(12-22-26-3)17-6-4-5-7-19(17)24(21)15-8-10-16(25)11-9-15/h4-12,25H,1-3H3/b22-12+. The fourth-order valence-corrected chi connectivity index (χ4v) is 3.44. The molecule has 27 heavy (non-hydrogen) atoms. The van der Waals surface area contributed by atoms with Crippen molar-refractivity contribution in [2.45, 2.75) is 13.8 Å². The number of aromatic nitrogens is 2. The SMILES string of the molecule is CO/N=C/c1c(-c2c(C)noc2C)n(-c2ccc(O)cc2)c2ccccc12. The van der Waals surface area contributed by atoms with E-state index in [2.05, 4.69) is 14.9 Å². The minimum Gasteiger partial charge on any atom is -0.508 e. The number of oxime groups is 1. The molecule has 0 saturated carbocycles. The monoisotopic (exact) mass is 361 g/mol. The average Bonchev–Trinajstić information content (AvgIpc) is 3.17. The number of fused-ring (bicyclic) bond motifs is 1. The molecular weight excluding hydrogens is 342 g/mol. The summed E-state index contributed by atoms with van der Waals surface area (Å²) in [6.07, 6.45) is 1.71. The Hall–Kier alpha value is -3.54. The van der Waals surface area contributed by atoms with Gasteiger partial charge in [-0.25, -0.2) is 0 Å². The van der Waals surface area contributed by atoms with E-state index >= 15 is 0 Å². The summed E-state index contributed by atoms with van der Waals surface area (Å²) < 4.78 is 7.56. The maximum atomic E-state index is 9.71. The predicted molar refractivity (Wildman–Crippen MR) is 105 cm³/mol. The number of phenols is 1. The van der Waals surface area contributed by atoms with E-state index in [1.54, 1.807) is 18.3 Å². The van der Waals surface area contributed by atoms with Gasteiger partial charge in [0.2, 0.25) is 0 Å². The van der Waals surface area contributed by atoms with Crippen molar-refractivity contribution in [1.29, 1.82) is 0 Å². The van der Waals surface area contributed by atoms with Gasteiger partial charge in [0.05, 0.1) is 28.7 Å². The summed E-state index contributed by atoms with van der Waals surface area (Å²) in [5.41, 5.74) is 5.46. The summed E-state index contributed by atoms with van der Waals surface area (Å²) in [5.74, 6) is 0.942. The van der Waals surface area contributed by atoms with E-state index in [1.807, 2.05) is 50.2 Å². The lowest BCUT2D eigenvalue weighted by Crippen LogP contribution is -1.99. The molecule has 0 spiro atoms. The highest BCUT2D eigenvalue weighted by Crippen LogP contribution is 2.38. The number of nitrogens with zero attached hydrogens (tertiary/aromatic N) is 3. The van der Waals surface area contributed by atoms with Gasteiger partial charge in [-0.15, -0.1) is 0 Å². The van der Waals surface area contributed by atoms with Crippen molar-refractivity contribution in [3.63, 3.8) is 0 Å². The third-order valence-electron chi connectivity index (χ3n) is 4.58. The summed E-state index contributed by atoms with van der Waals surface area (Å²) in [6, 6.07) is 15.2. The van der Waals surface area contributed by atoms with E-state index in [4.69, 9.17) is 9.36 Å². The van der Waals surface area contributed by atoms with Crippen LogP contribution >= 0.6 is 0 Å². The summed E-state index contributed by atoms with van der Waals surface area (Å²) in [7, 11) is 1.52. The maximum absolute atomic E-state index is 9.71. The zero-order valence-electron chi connectivity index (χ0n) is 15.3. The number of rotatable bonds is 4. The quantitative estimate of drug-likeness (QED) is 0.426. The van der Waals surface area contributed by atoms with Crippen molar-refractivity contribution in [2.24, 2.45) is 5.16 Å². The molecule has 4 aromatic rings. The lowest BCUT2D eigenvalue weighted by Gasteiger charge is -2.12. The molecular formula is C21H19N3O3. The van der Waals surface area contributed by atoms with Crippen LogP contribution in [0.4, 0.5) is 0 Å². The van der Waals surface area contributed by atoms with Gasteiger partial charge in [0.1, 0.15) is 18.6 Å². The molecule has 0 aliphatic carbocycles. The summed E-state index contributed by atoms with van der Waals surface area (Å²) in [4.78, 5) is 4.95. The van der Waals surface area contributed by atoms with Gasteiger partial charge >= 0.3 is 0 Å². The highest BCUT2D eigenvalue weighted by molar-refractivity contribution is 6.07. The Balaban J connectivity index is 2.16. The second-order valence-corrected chi connectivity index (χ2v) is 6.25. The topological polar surface area (TPSA) is 72.8 Å². The molecule has 0 atom stereocenters. The molecule has 0 aliphatic heterocycles. The first-order valence-electron chi connectivity index (χ1n) is 8.54. The molecule has 2 aromatic heterocycles. The van der Waals surface area contributed by atoms with Gasteiger partial charge < -0.3 is 19.0 Å². The second-order valence-electron chi connectivity index (χ2n) is 6.25. The zero-order chi connectivity index (χ0) is 19.0. The minimum absolute atomic E-state index is 0.218. The molecule has 2 heterocycles. The molecule has 6 heteroatoms. The zero-order valence-corrected chi connectivity index (χ0v) is 15.3. The van der Waals surface area contributed by atoms with Crippen LogP contribution in [0.3, 0.4) is 0 Å². The van der Waals surface area contributed by atoms with E-state index in [0.717, 1.165) is 44.9 Å². The molecule has 0 fully saturated rings. The molecule has 0 amide bonds. The molecule has 4 rings (SSSR count). The molecule has 0 aliphatic rings. The van der Waals surface area contributed by atoms with Crippen molar-refractivity contribution in [1.82, 2.24) is 9.72 Å². The number of phenolic OH excluding ortho intramolecular Hbond substituents is 1. The van der Waals surface area contributed by atoms with Crippen molar-refractivity contribution in [3.8, 4) is 22.7 Å². The molecule has 2 aromatic carbocycles. The highest BCUT2D eigenvalue weighted by Gasteiger charge is 2.24. The molecule has 0 saturated heterocycles. The normalized spacial score (nSPS) is 11.5. The van der Waals surface area contributed by atoms with Crippen LogP contribution in [-0.2, 0) is 4.84 Å². The Morgan fingerprint density at radius 3 is 2.52 bits per heavy atom. The fourth-order valence-electron chi connectivity index (χ4n) is 3.44. The van der Waals surface area contributed by atoms with Gasteiger partial charge in [-0.1, -0.05) is 28.5 Å². The van der Waals surface area contributed by atoms with Crippen molar-refractivity contribution in [2.75, 3.05) is 7.11 Å². The Kier molecular flexibility index (Phi) is 4.16. The number of aryl methyl sites for hydroxylation is 2. The second kappa shape index (κ2) is 6.64. The van der Waals surface area contributed by atoms with Crippen molar-refractivity contribution >= 4 is 17.1 Å². The number of benzene rings is 2. The van der Waals surface area contributed by atoms with Gasteiger partial charge in [0, 0.05) is 16.6 Å². The van der Waals surface area contributed by atoms with Crippen LogP contribution in [0.2, 0.25) is 0 Å². The Morgan fingerprint density at radius 2 is 1.85 bits per heavy atom. The molecule has 1 N–H and O–H groups in total. The van der Waals surface area contributed by atoms with Crippen LogP contribution in [0.25, 0.3) is 27.8 Å². The van der Waals surface area contributed by atoms with E-state index in [-0.39, 0.29) is 5.75 Å². The Labute approximate surface area is 156 Å². The summed E-state index contributed by atoms with van der Waals surface area (Å²) in [6.45, 7) is 3.81. The minimum atomic E-state index is 0.218.